The third-order valence-corrected chi connectivity index (χ3v) is 6.82. The minimum Gasteiger partial charge on any atom is -0.406 e. The molecular formula is C26H24ClF3N4O2. The van der Waals surface area contributed by atoms with E-state index in [9.17, 15) is 18.0 Å². The van der Waals surface area contributed by atoms with Crippen LogP contribution in [0.15, 0.2) is 48.8 Å². The zero-order valence-corrected chi connectivity index (χ0v) is 20.3. The van der Waals surface area contributed by atoms with E-state index >= 15 is 0 Å². The van der Waals surface area contributed by atoms with E-state index in [0.717, 1.165) is 36.2 Å². The van der Waals surface area contributed by atoms with E-state index in [4.69, 9.17) is 11.6 Å². The lowest BCUT2D eigenvalue weighted by Gasteiger charge is -2.23. The Bertz CT molecular complexity index is 1410. The summed E-state index contributed by atoms with van der Waals surface area (Å²) in [4.78, 5) is 17.9. The first-order chi connectivity index (χ1) is 17.2. The molecule has 1 aromatic carbocycles. The van der Waals surface area contributed by atoms with Crippen molar-refractivity contribution in [3.8, 4) is 11.4 Å². The van der Waals surface area contributed by atoms with Gasteiger partial charge in [0, 0.05) is 18.3 Å². The van der Waals surface area contributed by atoms with Crippen molar-refractivity contribution in [1.29, 1.82) is 0 Å². The monoisotopic (exact) mass is 516 g/mol. The van der Waals surface area contributed by atoms with Gasteiger partial charge in [-0.25, -0.2) is 9.67 Å². The van der Waals surface area contributed by atoms with E-state index in [2.05, 4.69) is 14.8 Å². The molecule has 188 valence electrons. The number of benzene rings is 1. The molecule has 6 nitrogen and oxygen atoms in total. The molecule has 0 amide bonds. The summed E-state index contributed by atoms with van der Waals surface area (Å²) in [6.45, 7) is 1.98. The summed E-state index contributed by atoms with van der Waals surface area (Å²) in [5.41, 5.74) is 4.83. The molecule has 3 heterocycles. The van der Waals surface area contributed by atoms with Crippen molar-refractivity contribution < 1.29 is 22.7 Å². The van der Waals surface area contributed by atoms with Crippen molar-refractivity contribution in [2.75, 3.05) is 0 Å². The fraction of sp³-hybridized carbons (Fsp3) is 0.346. The number of aryl methyl sites for hydroxylation is 1. The van der Waals surface area contributed by atoms with Crippen LogP contribution in [0, 0.1) is 0 Å². The molecule has 1 aliphatic carbocycles. The van der Waals surface area contributed by atoms with Crippen LogP contribution in [0.5, 0.6) is 5.75 Å². The summed E-state index contributed by atoms with van der Waals surface area (Å²) in [6.07, 6.45) is 3.20. The maximum Gasteiger partial charge on any atom is 0.573 e. The molecule has 36 heavy (non-hydrogen) atoms. The van der Waals surface area contributed by atoms with Crippen LogP contribution in [0.1, 0.15) is 66.0 Å². The van der Waals surface area contributed by atoms with Gasteiger partial charge >= 0.3 is 6.36 Å². The van der Waals surface area contributed by atoms with Crippen molar-refractivity contribution in [3.05, 3.63) is 76.5 Å². The van der Waals surface area contributed by atoms with Gasteiger partial charge in [-0.2, -0.15) is 5.10 Å². The molecule has 0 saturated heterocycles. The highest BCUT2D eigenvalue weighted by Gasteiger charge is 2.31. The van der Waals surface area contributed by atoms with Crippen molar-refractivity contribution in [1.82, 2.24) is 19.2 Å². The average molecular weight is 517 g/mol. The van der Waals surface area contributed by atoms with Gasteiger partial charge in [0.1, 0.15) is 17.1 Å². The molecule has 0 aliphatic heterocycles. The molecular weight excluding hydrogens is 493 g/mol. The van der Waals surface area contributed by atoms with Gasteiger partial charge in [0.05, 0.1) is 22.6 Å². The van der Waals surface area contributed by atoms with Gasteiger partial charge in [-0.15, -0.1) is 13.2 Å². The standard InChI is InChI=1S/C26H24ClF3N4O2/c1-2-21-25(33-15-17(27)7-13-24(33)32-21)23(35)12-6-16-4-3-5-22-20(16)14-31-34(22)18-8-10-19(11-9-18)36-26(28,29)30/h7-11,13-16H,2-6,12H2,1H3. The fourth-order valence-electron chi connectivity index (χ4n) is 4.99. The second-order valence-electron chi connectivity index (χ2n) is 8.89. The van der Waals surface area contributed by atoms with Crippen LogP contribution in [0.2, 0.25) is 5.02 Å². The Morgan fingerprint density at radius 2 is 1.97 bits per heavy atom. The largest absolute Gasteiger partial charge is 0.573 e. The second-order valence-corrected chi connectivity index (χ2v) is 9.32. The lowest BCUT2D eigenvalue weighted by Crippen LogP contribution is -2.17. The summed E-state index contributed by atoms with van der Waals surface area (Å²) in [5.74, 6) is -0.0719. The number of nitrogens with zero attached hydrogens (tertiary/aromatic N) is 4. The normalized spacial score (nSPS) is 15.8. The Balaban J connectivity index is 1.34. The van der Waals surface area contributed by atoms with E-state index in [0.29, 0.717) is 41.3 Å². The minimum absolute atomic E-state index is 0.0291. The van der Waals surface area contributed by atoms with Crippen molar-refractivity contribution in [2.45, 2.75) is 57.7 Å². The third kappa shape index (κ3) is 4.84. The number of pyridine rings is 1. The smallest absolute Gasteiger partial charge is 0.406 e. The Kier molecular flexibility index (Phi) is 6.51. The number of carbonyl (C=O) groups is 1. The summed E-state index contributed by atoms with van der Waals surface area (Å²) in [5, 5.41) is 5.06. The highest BCUT2D eigenvalue weighted by Crippen LogP contribution is 2.36. The summed E-state index contributed by atoms with van der Waals surface area (Å²) < 4.78 is 44.9. The lowest BCUT2D eigenvalue weighted by atomic mass is 9.83. The number of hydrogen-bond acceptors (Lipinski definition) is 4. The number of ether oxygens (including phenoxy) is 1. The molecule has 0 fully saturated rings. The van der Waals surface area contributed by atoms with Gasteiger partial charge in [0.15, 0.2) is 5.78 Å². The van der Waals surface area contributed by atoms with Gasteiger partial charge in [-0.1, -0.05) is 18.5 Å². The number of hydrogen-bond donors (Lipinski definition) is 0. The molecule has 1 unspecified atom stereocenters. The Labute approximate surface area is 210 Å². The molecule has 0 spiro atoms. The summed E-state index contributed by atoms with van der Waals surface area (Å²) in [7, 11) is 0. The Morgan fingerprint density at radius 1 is 1.19 bits per heavy atom. The zero-order chi connectivity index (χ0) is 25.4. The second kappa shape index (κ2) is 9.61. The molecule has 0 saturated carbocycles. The predicted octanol–water partition coefficient (Wildman–Crippen LogP) is 6.72. The molecule has 0 radical (unpaired) electrons. The number of alkyl halides is 3. The minimum atomic E-state index is -4.73. The van der Waals surface area contributed by atoms with E-state index in [-0.39, 0.29) is 17.5 Å². The fourth-order valence-corrected chi connectivity index (χ4v) is 5.15. The number of imidazole rings is 1. The van der Waals surface area contributed by atoms with Crippen molar-refractivity contribution >= 4 is 23.0 Å². The Morgan fingerprint density at radius 3 is 2.69 bits per heavy atom. The topological polar surface area (TPSA) is 61.4 Å². The number of Topliss-reactive ketones (excluding diaryl/α,β-unsaturated/α-hetero) is 1. The summed E-state index contributed by atoms with van der Waals surface area (Å²) >= 11 is 6.17. The molecule has 0 N–H and O–H groups in total. The number of rotatable bonds is 7. The molecule has 4 aromatic rings. The van der Waals surface area contributed by atoms with Crippen LogP contribution in [0.25, 0.3) is 11.3 Å². The van der Waals surface area contributed by atoms with E-state index < -0.39 is 6.36 Å². The predicted molar refractivity (Wildman–Crippen MR) is 129 cm³/mol. The zero-order valence-electron chi connectivity index (χ0n) is 19.6. The first kappa shape index (κ1) is 24.4. The van der Waals surface area contributed by atoms with E-state index in [1.807, 2.05) is 19.2 Å². The van der Waals surface area contributed by atoms with Crippen LogP contribution < -0.4 is 4.74 Å². The van der Waals surface area contributed by atoms with E-state index in [1.165, 1.54) is 12.1 Å². The average Bonchev–Trinajstić information content (AvgIpc) is 3.43. The van der Waals surface area contributed by atoms with Gasteiger partial charge in [-0.05, 0) is 80.0 Å². The highest BCUT2D eigenvalue weighted by molar-refractivity contribution is 6.30. The highest BCUT2D eigenvalue weighted by atomic mass is 35.5. The van der Waals surface area contributed by atoms with Crippen LogP contribution in [0.4, 0.5) is 13.2 Å². The molecule has 5 rings (SSSR count). The first-order valence-corrected chi connectivity index (χ1v) is 12.2. The van der Waals surface area contributed by atoms with Crippen LogP contribution in [-0.4, -0.2) is 31.3 Å². The number of aromatic nitrogens is 4. The molecule has 10 heteroatoms. The van der Waals surface area contributed by atoms with E-state index in [1.54, 1.807) is 33.5 Å². The quantitative estimate of drug-likeness (QED) is 0.256. The van der Waals surface area contributed by atoms with Crippen molar-refractivity contribution in [3.63, 3.8) is 0 Å². The summed E-state index contributed by atoms with van der Waals surface area (Å²) in [6, 6.07) is 9.25. The third-order valence-electron chi connectivity index (χ3n) is 6.60. The maximum absolute atomic E-state index is 13.3. The van der Waals surface area contributed by atoms with Gasteiger partial charge in [0.25, 0.3) is 0 Å². The Hall–Kier alpha value is -3.33. The number of carbonyl (C=O) groups excluding carboxylic acids is 1. The molecule has 0 bridgehead atoms. The molecule has 3 aromatic heterocycles. The number of halogens is 4. The van der Waals surface area contributed by atoms with Gasteiger partial charge in [0.2, 0.25) is 0 Å². The number of ketones is 1. The van der Waals surface area contributed by atoms with Crippen molar-refractivity contribution in [2.24, 2.45) is 0 Å². The first-order valence-electron chi connectivity index (χ1n) is 11.9. The molecule has 1 aliphatic rings. The van der Waals surface area contributed by atoms with Crippen LogP contribution in [-0.2, 0) is 12.8 Å². The van der Waals surface area contributed by atoms with Gasteiger partial charge in [-0.3, -0.25) is 9.20 Å². The van der Waals surface area contributed by atoms with Crippen LogP contribution in [0.3, 0.4) is 0 Å². The van der Waals surface area contributed by atoms with Crippen LogP contribution >= 0.6 is 11.6 Å². The lowest BCUT2D eigenvalue weighted by molar-refractivity contribution is -0.274. The number of fused-ring (bicyclic) bond motifs is 2. The molecule has 1 atom stereocenters. The SMILES string of the molecule is CCc1nc2ccc(Cl)cn2c1C(=O)CCC1CCCc2c1cnn2-c1ccc(OC(F)(F)F)cc1. The maximum atomic E-state index is 13.3. The van der Waals surface area contributed by atoms with Gasteiger partial charge < -0.3 is 4.74 Å².